The molecule has 1 N–H and O–H groups in total. The first kappa shape index (κ1) is 18.9. The van der Waals surface area contributed by atoms with Gasteiger partial charge in [-0.25, -0.2) is 12.7 Å². The van der Waals surface area contributed by atoms with E-state index in [4.69, 9.17) is 0 Å². The molecule has 134 valence electrons. The van der Waals surface area contributed by atoms with Crippen molar-refractivity contribution in [2.75, 3.05) is 19.4 Å². The van der Waals surface area contributed by atoms with Crippen LogP contribution >= 0.6 is 0 Å². The van der Waals surface area contributed by atoms with Crippen molar-refractivity contribution < 1.29 is 13.3 Å². The summed E-state index contributed by atoms with van der Waals surface area (Å²) >= 11 is 0. The largest absolute Gasteiger partial charge is 0.371 e. The highest BCUT2D eigenvalue weighted by atomic mass is 32.2. The fourth-order valence-corrected chi connectivity index (χ4v) is 3.30. The van der Waals surface area contributed by atoms with Crippen molar-refractivity contribution in [3.63, 3.8) is 0 Å². The Morgan fingerprint density at radius 1 is 1.04 bits per heavy atom. The molecule has 7 nitrogen and oxygen atoms in total. The third-order valence-electron chi connectivity index (χ3n) is 3.90. The van der Waals surface area contributed by atoms with E-state index < -0.39 is 20.5 Å². The molecule has 0 unspecified atom stereocenters. The second-order valence-corrected chi connectivity index (χ2v) is 8.49. The summed E-state index contributed by atoms with van der Waals surface area (Å²) in [6, 6.07) is 12.9. The summed E-state index contributed by atoms with van der Waals surface area (Å²) in [4.78, 5) is 10.9. The van der Waals surface area contributed by atoms with Crippen molar-refractivity contribution >= 4 is 21.4 Å². The average Bonchev–Trinajstić information content (AvgIpc) is 2.54. The van der Waals surface area contributed by atoms with Gasteiger partial charge in [0, 0.05) is 20.2 Å². The topological polar surface area (TPSA) is 92.6 Å². The van der Waals surface area contributed by atoms with Gasteiger partial charge < -0.3 is 5.32 Å². The lowest BCUT2D eigenvalue weighted by molar-refractivity contribution is -0.384. The molecule has 2 rings (SSSR count). The van der Waals surface area contributed by atoms with E-state index >= 15 is 0 Å². The van der Waals surface area contributed by atoms with Gasteiger partial charge in [-0.3, -0.25) is 10.1 Å². The molecule has 0 fully saturated rings. The van der Waals surface area contributed by atoms with Crippen LogP contribution in [-0.2, 0) is 15.6 Å². The maximum Gasteiger partial charge on any atom is 0.292 e. The molecule has 2 aromatic carbocycles. The Bertz CT molecular complexity index is 875. The fraction of sp³-hybridized carbons (Fsp3) is 0.294. The molecule has 0 bridgehead atoms. The normalized spacial score (nSPS) is 12.2. The van der Waals surface area contributed by atoms with Crippen LogP contribution in [0.4, 0.5) is 11.4 Å². The van der Waals surface area contributed by atoms with Gasteiger partial charge in [0.25, 0.3) is 5.69 Å². The smallest absolute Gasteiger partial charge is 0.292 e. The molecule has 0 aliphatic heterocycles. The van der Waals surface area contributed by atoms with Gasteiger partial charge in [-0.15, -0.1) is 0 Å². The first-order valence-corrected chi connectivity index (χ1v) is 9.04. The molecular formula is C17H21N3O4S. The van der Waals surface area contributed by atoms with Crippen molar-refractivity contribution in [1.82, 2.24) is 4.31 Å². The van der Waals surface area contributed by atoms with E-state index in [9.17, 15) is 18.5 Å². The summed E-state index contributed by atoms with van der Waals surface area (Å²) < 4.78 is 25.4. The number of para-hydroxylation sites is 2. The molecule has 0 atom stereocenters. The van der Waals surface area contributed by atoms with Crippen molar-refractivity contribution in [2.45, 2.75) is 24.3 Å². The Hall–Kier alpha value is -2.45. The molecule has 0 amide bonds. The maximum atomic E-state index is 12.1. The lowest BCUT2D eigenvalue weighted by Crippen LogP contribution is -2.28. The predicted molar refractivity (Wildman–Crippen MR) is 97.1 cm³/mol. The van der Waals surface area contributed by atoms with Gasteiger partial charge in [-0.05, 0) is 37.6 Å². The van der Waals surface area contributed by atoms with Gasteiger partial charge in [0.05, 0.1) is 15.4 Å². The number of benzene rings is 2. The third kappa shape index (κ3) is 3.97. The first-order valence-electron chi connectivity index (χ1n) is 7.60. The number of nitrogens with zero attached hydrogens (tertiary/aromatic N) is 2. The number of nitro benzene ring substituents is 1. The number of rotatable bonds is 6. The molecule has 0 aromatic heterocycles. The molecule has 0 heterocycles. The van der Waals surface area contributed by atoms with Gasteiger partial charge in [0.1, 0.15) is 5.69 Å². The zero-order valence-corrected chi connectivity index (χ0v) is 15.4. The van der Waals surface area contributed by atoms with Crippen LogP contribution in [-0.4, -0.2) is 31.7 Å². The van der Waals surface area contributed by atoms with Crippen LogP contribution in [0, 0.1) is 10.1 Å². The Kier molecular flexibility index (Phi) is 5.15. The maximum absolute atomic E-state index is 12.1. The molecule has 2 aromatic rings. The van der Waals surface area contributed by atoms with E-state index in [2.05, 4.69) is 5.32 Å². The van der Waals surface area contributed by atoms with Gasteiger partial charge in [-0.1, -0.05) is 24.3 Å². The minimum Gasteiger partial charge on any atom is -0.371 e. The summed E-state index contributed by atoms with van der Waals surface area (Å²) in [6.45, 7) is 3.75. The van der Waals surface area contributed by atoms with Gasteiger partial charge >= 0.3 is 0 Å². The second kappa shape index (κ2) is 6.81. The number of hydrogen-bond acceptors (Lipinski definition) is 5. The fourth-order valence-electron chi connectivity index (χ4n) is 2.40. The van der Waals surface area contributed by atoms with Crippen LogP contribution in [0.3, 0.4) is 0 Å². The molecular weight excluding hydrogens is 342 g/mol. The van der Waals surface area contributed by atoms with Crippen molar-refractivity contribution in [1.29, 1.82) is 0 Å². The zero-order chi connectivity index (χ0) is 18.8. The van der Waals surface area contributed by atoms with E-state index in [1.165, 1.54) is 32.3 Å². The predicted octanol–water partition coefficient (Wildman–Crippen LogP) is 3.19. The minimum atomic E-state index is -3.49. The highest BCUT2D eigenvalue weighted by Crippen LogP contribution is 2.31. The van der Waals surface area contributed by atoms with E-state index in [0.717, 1.165) is 9.87 Å². The van der Waals surface area contributed by atoms with Gasteiger partial charge in [0.2, 0.25) is 10.0 Å². The quantitative estimate of drug-likeness (QED) is 0.628. The Morgan fingerprint density at radius 2 is 1.60 bits per heavy atom. The van der Waals surface area contributed by atoms with Crippen LogP contribution in [0.2, 0.25) is 0 Å². The van der Waals surface area contributed by atoms with Crippen LogP contribution in [0.5, 0.6) is 0 Å². The van der Waals surface area contributed by atoms with Crippen LogP contribution in [0.1, 0.15) is 19.4 Å². The summed E-state index contributed by atoms with van der Waals surface area (Å²) in [5.74, 6) is 0. The molecule has 0 saturated carbocycles. The lowest BCUT2D eigenvalue weighted by atomic mass is 9.94. The van der Waals surface area contributed by atoms with Gasteiger partial charge in [0.15, 0.2) is 0 Å². The van der Waals surface area contributed by atoms with E-state index in [-0.39, 0.29) is 10.6 Å². The lowest BCUT2D eigenvalue weighted by Gasteiger charge is -2.28. The molecule has 25 heavy (non-hydrogen) atoms. The average molecular weight is 363 g/mol. The number of nitrogens with one attached hydrogen (secondary N) is 1. The summed E-state index contributed by atoms with van der Waals surface area (Å²) in [5, 5.41) is 14.3. The molecule has 0 aliphatic rings. The molecule has 0 saturated heterocycles. The number of hydrogen-bond donors (Lipinski definition) is 1. The van der Waals surface area contributed by atoms with Crippen LogP contribution in [0.15, 0.2) is 53.4 Å². The molecule has 0 radical (unpaired) electrons. The Labute approximate surface area is 147 Å². The van der Waals surface area contributed by atoms with Crippen LogP contribution in [0.25, 0.3) is 0 Å². The SMILES string of the molecule is CN(C)S(=O)(=O)c1ccc(C(C)(C)Nc2ccccc2[N+](=O)[O-])cc1. The first-order chi connectivity index (χ1) is 11.6. The summed E-state index contributed by atoms with van der Waals surface area (Å²) in [6.07, 6.45) is 0. The van der Waals surface area contributed by atoms with Crippen molar-refractivity contribution in [2.24, 2.45) is 0 Å². The molecule has 0 aliphatic carbocycles. The van der Waals surface area contributed by atoms with E-state index in [1.54, 1.807) is 30.3 Å². The third-order valence-corrected chi connectivity index (χ3v) is 5.73. The second-order valence-electron chi connectivity index (χ2n) is 6.34. The van der Waals surface area contributed by atoms with Crippen LogP contribution < -0.4 is 5.32 Å². The van der Waals surface area contributed by atoms with E-state index in [1.807, 2.05) is 13.8 Å². The summed E-state index contributed by atoms with van der Waals surface area (Å²) in [7, 11) is -0.541. The Morgan fingerprint density at radius 3 is 2.12 bits per heavy atom. The highest BCUT2D eigenvalue weighted by Gasteiger charge is 2.25. The van der Waals surface area contributed by atoms with Crippen molar-refractivity contribution in [3.8, 4) is 0 Å². The van der Waals surface area contributed by atoms with Gasteiger partial charge in [-0.2, -0.15) is 0 Å². The van der Waals surface area contributed by atoms with Crippen molar-refractivity contribution in [3.05, 3.63) is 64.2 Å². The number of sulfonamides is 1. The number of anilines is 1. The molecule has 0 spiro atoms. The minimum absolute atomic E-state index is 0.0117. The standard InChI is InChI=1S/C17H21N3O4S/c1-17(2,18-15-7-5-6-8-16(15)20(21)22)13-9-11-14(12-10-13)25(23,24)19(3)4/h5-12,18H,1-4H3. The zero-order valence-electron chi connectivity index (χ0n) is 14.6. The molecule has 8 heteroatoms. The highest BCUT2D eigenvalue weighted by molar-refractivity contribution is 7.89. The monoisotopic (exact) mass is 363 g/mol. The van der Waals surface area contributed by atoms with E-state index in [0.29, 0.717) is 5.69 Å². The summed E-state index contributed by atoms with van der Waals surface area (Å²) in [5.41, 5.74) is 0.570. The number of nitro groups is 1. The Balaban J connectivity index is 2.33.